The first-order valence-electron chi connectivity index (χ1n) is 4.41. The second-order valence-electron chi connectivity index (χ2n) is 3.12. The third kappa shape index (κ3) is 3.59. The van der Waals surface area contributed by atoms with Crippen LogP contribution in [0, 0.1) is 0 Å². The minimum absolute atomic E-state index is 0.554. The number of nitrogens with one attached hydrogen (secondary N) is 1. The van der Waals surface area contributed by atoms with Crippen LogP contribution < -0.4 is 5.43 Å². The van der Waals surface area contributed by atoms with Crippen molar-refractivity contribution >= 4 is 23.0 Å². The van der Waals surface area contributed by atoms with Crippen molar-refractivity contribution in [2.75, 3.05) is 14.1 Å². The van der Waals surface area contributed by atoms with Crippen molar-refractivity contribution in [2.24, 2.45) is 5.10 Å². The fraction of sp³-hybridized carbons (Fsp3) is 0.333. The summed E-state index contributed by atoms with van der Waals surface area (Å²) in [6.07, 6.45) is 1.62. The normalized spacial score (nSPS) is 11.0. The monoisotopic (exact) mass is 223 g/mol. The SMILES string of the molecule is C/C(=N\NC(=S)N(C)C)c1cccnn1. The summed E-state index contributed by atoms with van der Waals surface area (Å²) in [6.45, 7) is 1.84. The number of thiocarbonyl (C=S) groups is 1. The molecule has 0 aliphatic carbocycles. The van der Waals surface area contributed by atoms with Crippen molar-refractivity contribution < 1.29 is 0 Å². The molecule has 1 aromatic heterocycles. The lowest BCUT2D eigenvalue weighted by Gasteiger charge is -2.12. The number of aromatic nitrogens is 2. The molecule has 0 spiro atoms. The van der Waals surface area contributed by atoms with Gasteiger partial charge in [0.15, 0.2) is 5.11 Å². The molecule has 80 valence electrons. The average Bonchev–Trinajstić information content (AvgIpc) is 2.26. The first-order chi connectivity index (χ1) is 7.11. The lowest BCUT2D eigenvalue weighted by molar-refractivity contribution is 0.606. The molecule has 0 amide bonds. The molecule has 0 atom stereocenters. The van der Waals surface area contributed by atoms with Crippen LogP contribution in [0.25, 0.3) is 0 Å². The molecule has 1 rings (SSSR count). The van der Waals surface area contributed by atoms with Crippen LogP contribution in [0.3, 0.4) is 0 Å². The molecule has 0 saturated heterocycles. The summed E-state index contributed by atoms with van der Waals surface area (Å²) in [7, 11) is 3.70. The maximum absolute atomic E-state index is 5.02. The highest BCUT2D eigenvalue weighted by molar-refractivity contribution is 7.80. The molecule has 5 nitrogen and oxygen atoms in total. The van der Waals surface area contributed by atoms with Crippen molar-refractivity contribution in [2.45, 2.75) is 6.92 Å². The Balaban J connectivity index is 2.65. The van der Waals surface area contributed by atoms with Crippen molar-refractivity contribution in [1.29, 1.82) is 0 Å². The Morgan fingerprint density at radius 1 is 1.53 bits per heavy atom. The molecular formula is C9H13N5S. The summed E-state index contributed by atoms with van der Waals surface area (Å²) in [4.78, 5) is 1.77. The predicted molar refractivity (Wildman–Crippen MR) is 63.7 cm³/mol. The molecule has 0 aliphatic heterocycles. The molecule has 0 radical (unpaired) electrons. The maximum Gasteiger partial charge on any atom is 0.189 e. The van der Waals surface area contributed by atoms with E-state index in [0.717, 1.165) is 11.4 Å². The molecule has 1 N–H and O–H groups in total. The Hall–Kier alpha value is -1.56. The third-order valence-electron chi connectivity index (χ3n) is 1.67. The van der Waals surface area contributed by atoms with Crippen LogP contribution in [0.4, 0.5) is 0 Å². The van der Waals surface area contributed by atoms with Crippen LogP contribution in [0.5, 0.6) is 0 Å². The van der Waals surface area contributed by atoms with Crippen LogP contribution >= 0.6 is 12.2 Å². The quantitative estimate of drug-likeness (QED) is 0.453. The van der Waals surface area contributed by atoms with Gasteiger partial charge in [0.25, 0.3) is 0 Å². The molecule has 0 aromatic carbocycles. The smallest absolute Gasteiger partial charge is 0.189 e. The number of hydrogen-bond donors (Lipinski definition) is 1. The fourth-order valence-corrected chi connectivity index (χ4v) is 0.829. The average molecular weight is 223 g/mol. The van der Waals surface area contributed by atoms with Gasteiger partial charge in [0.1, 0.15) is 5.69 Å². The summed E-state index contributed by atoms with van der Waals surface area (Å²) in [5.74, 6) is 0. The Morgan fingerprint density at radius 2 is 2.27 bits per heavy atom. The summed E-state index contributed by atoms with van der Waals surface area (Å²) in [5.41, 5.74) is 4.23. The van der Waals surface area contributed by atoms with Crippen molar-refractivity contribution in [3.8, 4) is 0 Å². The van der Waals surface area contributed by atoms with Gasteiger partial charge in [-0.1, -0.05) is 0 Å². The highest BCUT2D eigenvalue weighted by Crippen LogP contribution is 1.93. The van der Waals surface area contributed by atoms with Crippen LogP contribution in [0.2, 0.25) is 0 Å². The lowest BCUT2D eigenvalue weighted by atomic mass is 10.3. The Bertz CT molecular complexity index is 360. The fourth-order valence-electron chi connectivity index (χ4n) is 0.783. The van der Waals surface area contributed by atoms with E-state index in [1.165, 1.54) is 0 Å². The molecule has 15 heavy (non-hydrogen) atoms. The molecule has 1 heterocycles. The van der Waals surface area contributed by atoms with Gasteiger partial charge in [0.05, 0.1) is 5.71 Å². The van der Waals surface area contributed by atoms with E-state index in [-0.39, 0.29) is 0 Å². The zero-order valence-electron chi connectivity index (χ0n) is 8.93. The van der Waals surface area contributed by atoms with Crippen LogP contribution in [-0.2, 0) is 0 Å². The van der Waals surface area contributed by atoms with Gasteiger partial charge >= 0.3 is 0 Å². The minimum Gasteiger partial charge on any atom is -0.354 e. The number of hydrazone groups is 1. The van der Waals surface area contributed by atoms with E-state index in [2.05, 4.69) is 20.7 Å². The van der Waals surface area contributed by atoms with E-state index in [4.69, 9.17) is 12.2 Å². The van der Waals surface area contributed by atoms with Gasteiger partial charge in [-0.15, -0.1) is 5.10 Å². The third-order valence-corrected chi connectivity index (χ3v) is 2.12. The zero-order valence-corrected chi connectivity index (χ0v) is 9.75. The first kappa shape index (κ1) is 11.5. The van der Waals surface area contributed by atoms with E-state index < -0.39 is 0 Å². The van der Waals surface area contributed by atoms with Gasteiger partial charge in [-0.2, -0.15) is 10.2 Å². The van der Waals surface area contributed by atoms with Crippen molar-refractivity contribution in [3.63, 3.8) is 0 Å². The Kier molecular flexibility index (Phi) is 4.11. The zero-order chi connectivity index (χ0) is 11.3. The largest absolute Gasteiger partial charge is 0.354 e. The maximum atomic E-state index is 5.02. The molecule has 1 aromatic rings. The van der Waals surface area contributed by atoms with Crippen molar-refractivity contribution in [1.82, 2.24) is 20.5 Å². The van der Waals surface area contributed by atoms with Crippen molar-refractivity contribution in [3.05, 3.63) is 24.0 Å². The molecule has 0 fully saturated rings. The Morgan fingerprint density at radius 3 is 2.80 bits per heavy atom. The van der Waals surface area contributed by atoms with Gasteiger partial charge in [0.2, 0.25) is 0 Å². The first-order valence-corrected chi connectivity index (χ1v) is 4.81. The molecule has 6 heteroatoms. The van der Waals surface area contributed by atoms with E-state index in [0.29, 0.717) is 5.11 Å². The molecule has 0 saturated carbocycles. The van der Waals surface area contributed by atoms with Gasteiger partial charge in [-0.3, -0.25) is 5.43 Å². The van der Waals surface area contributed by atoms with Gasteiger partial charge in [0, 0.05) is 20.3 Å². The van der Waals surface area contributed by atoms with Gasteiger partial charge in [-0.25, -0.2) is 0 Å². The summed E-state index contributed by atoms with van der Waals surface area (Å²) >= 11 is 5.02. The van der Waals surface area contributed by atoms with E-state index >= 15 is 0 Å². The van der Waals surface area contributed by atoms with Crippen LogP contribution in [-0.4, -0.2) is 40.0 Å². The molecule has 0 aliphatic rings. The van der Waals surface area contributed by atoms with Gasteiger partial charge < -0.3 is 4.90 Å². The predicted octanol–water partition coefficient (Wildman–Crippen LogP) is 0.637. The molecule has 0 unspecified atom stereocenters. The van der Waals surface area contributed by atoms with E-state index in [1.807, 2.05) is 33.2 Å². The number of rotatable bonds is 2. The molecule has 0 bridgehead atoms. The topological polar surface area (TPSA) is 53.4 Å². The second kappa shape index (κ2) is 5.35. The Labute approximate surface area is 94.2 Å². The van der Waals surface area contributed by atoms with Crippen LogP contribution in [0.15, 0.2) is 23.4 Å². The lowest BCUT2D eigenvalue weighted by Crippen LogP contribution is -2.31. The van der Waals surface area contributed by atoms with Crippen LogP contribution in [0.1, 0.15) is 12.6 Å². The summed E-state index contributed by atoms with van der Waals surface area (Å²) in [6, 6.07) is 3.65. The minimum atomic E-state index is 0.554. The number of hydrogen-bond acceptors (Lipinski definition) is 4. The number of nitrogens with zero attached hydrogens (tertiary/aromatic N) is 4. The molecular weight excluding hydrogens is 210 g/mol. The summed E-state index contributed by atoms with van der Waals surface area (Å²) < 4.78 is 0. The van der Waals surface area contributed by atoms with Gasteiger partial charge in [-0.05, 0) is 31.3 Å². The summed E-state index contributed by atoms with van der Waals surface area (Å²) in [5, 5.41) is 12.3. The second-order valence-corrected chi connectivity index (χ2v) is 3.50. The van der Waals surface area contributed by atoms with E-state index in [9.17, 15) is 0 Å². The highest BCUT2D eigenvalue weighted by Gasteiger charge is 1.99. The standard InChI is InChI=1S/C9H13N5S/c1-7(8-5-4-6-10-12-8)11-13-9(15)14(2)3/h4-6H,1-3H3,(H,13,15)/b11-7+. The highest BCUT2D eigenvalue weighted by atomic mass is 32.1. The van der Waals surface area contributed by atoms with E-state index in [1.54, 1.807) is 11.1 Å².